The molecular formula is C22H20N2O4. The molecule has 0 spiro atoms. The molecule has 0 saturated heterocycles. The average molecular weight is 376 g/mol. The molecule has 142 valence electrons. The Morgan fingerprint density at radius 1 is 0.929 bits per heavy atom. The van der Waals surface area contributed by atoms with E-state index in [-0.39, 0.29) is 11.4 Å². The Kier molecular flexibility index (Phi) is 4.39. The van der Waals surface area contributed by atoms with Crippen LogP contribution in [0.25, 0.3) is 5.76 Å². The number of nitrogens with zero attached hydrogens (tertiary/aromatic N) is 2. The van der Waals surface area contributed by atoms with Crippen molar-refractivity contribution in [2.45, 2.75) is 5.92 Å². The first-order valence-electron chi connectivity index (χ1n) is 8.91. The van der Waals surface area contributed by atoms with E-state index in [1.807, 2.05) is 60.7 Å². The summed E-state index contributed by atoms with van der Waals surface area (Å²) < 4.78 is 14.1. The molecule has 0 amide bonds. The smallest absolute Gasteiger partial charge is 0.333 e. The van der Waals surface area contributed by atoms with Gasteiger partial charge in [0.15, 0.2) is 0 Å². The second kappa shape index (κ2) is 6.88. The molecule has 3 aromatic rings. The van der Waals surface area contributed by atoms with E-state index >= 15 is 0 Å². The topological polar surface area (TPSA) is 62.5 Å². The number of benzene rings is 2. The third kappa shape index (κ3) is 2.74. The van der Waals surface area contributed by atoms with Gasteiger partial charge in [0.25, 0.3) is 5.56 Å². The first kappa shape index (κ1) is 17.9. The number of rotatable bonds is 3. The maximum Gasteiger partial charge on any atom is 0.333 e. The molecule has 0 unspecified atom stereocenters. The quantitative estimate of drug-likeness (QED) is 0.705. The Labute approximate surface area is 161 Å². The van der Waals surface area contributed by atoms with Crippen molar-refractivity contribution in [1.82, 2.24) is 9.13 Å². The summed E-state index contributed by atoms with van der Waals surface area (Å²) in [6.07, 6.45) is 1.90. The van der Waals surface area contributed by atoms with Crippen LogP contribution in [0.3, 0.4) is 0 Å². The Balaban J connectivity index is 2.04. The molecule has 4 rings (SSSR count). The Hall–Kier alpha value is -3.54. The van der Waals surface area contributed by atoms with Gasteiger partial charge in [0, 0.05) is 31.1 Å². The summed E-state index contributed by atoms with van der Waals surface area (Å²) in [4.78, 5) is 25.5. The molecule has 0 bridgehead atoms. The van der Waals surface area contributed by atoms with E-state index in [0.29, 0.717) is 17.1 Å². The Morgan fingerprint density at radius 3 is 2.32 bits per heavy atom. The second-order valence-corrected chi connectivity index (χ2v) is 6.64. The molecule has 0 aliphatic carbocycles. The number of allylic oxidation sites excluding steroid dienone is 1. The van der Waals surface area contributed by atoms with Crippen LogP contribution in [0.4, 0.5) is 0 Å². The molecule has 1 aromatic heterocycles. The standard InChI is InChI=1S/C22H20N2O4/c1-23-20(25)19-16(15-11-7-8-12-17(15)27-3)13-18(14-9-5-4-6-10-14)28-21(19)24(2)22(23)26/h4-13,16H,1-3H3/t16-/m1/s1. The fourth-order valence-corrected chi connectivity index (χ4v) is 3.54. The zero-order valence-corrected chi connectivity index (χ0v) is 15.9. The maximum atomic E-state index is 13.0. The average Bonchev–Trinajstić information content (AvgIpc) is 2.75. The van der Waals surface area contributed by atoms with E-state index < -0.39 is 11.6 Å². The lowest BCUT2D eigenvalue weighted by Crippen LogP contribution is -2.41. The molecule has 0 radical (unpaired) electrons. The molecule has 28 heavy (non-hydrogen) atoms. The number of hydrogen-bond donors (Lipinski definition) is 0. The fraction of sp³-hybridized carbons (Fsp3) is 0.182. The second-order valence-electron chi connectivity index (χ2n) is 6.64. The fourth-order valence-electron chi connectivity index (χ4n) is 3.54. The number of fused-ring (bicyclic) bond motifs is 1. The van der Waals surface area contributed by atoms with E-state index in [4.69, 9.17) is 9.47 Å². The minimum Gasteiger partial charge on any atom is -0.496 e. The molecule has 2 aromatic carbocycles. The summed E-state index contributed by atoms with van der Waals surface area (Å²) in [7, 11) is 4.67. The summed E-state index contributed by atoms with van der Waals surface area (Å²) in [5, 5.41) is 0. The summed E-state index contributed by atoms with van der Waals surface area (Å²) in [5.41, 5.74) is 1.29. The number of ether oxygens (including phenoxy) is 2. The third-order valence-electron chi connectivity index (χ3n) is 5.01. The van der Waals surface area contributed by atoms with Crippen molar-refractivity contribution in [1.29, 1.82) is 0 Å². The molecule has 1 atom stereocenters. The molecule has 6 nitrogen and oxygen atoms in total. The lowest BCUT2D eigenvalue weighted by molar-refractivity contribution is 0.403. The predicted octanol–water partition coefficient (Wildman–Crippen LogP) is 2.66. The van der Waals surface area contributed by atoms with Crippen molar-refractivity contribution in [3.63, 3.8) is 0 Å². The van der Waals surface area contributed by atoms with Crippen LogP contribution in [0, 0.1) is 0 Å². The van der Waals surface area contributed by atoms with Gasteiger partial charge in [-0.2, -0.15) is 0 Å². The SMILES string of the molecule is COc1ccccc1[C@H]1C=C(c2ccccc2)Oc2c1c(=O)n(C)c(=O)n2C. The van der Waals surface area contributed by atoms with Gasteiger partial charge in [-0.3, -0.25) is 13.9 Å². The van der Waals surface area contributed by atoms with E-state index in [1.54, 1.807) is 14.2 Å². The van der Waals surface area contributed by atoms with Gasteiger partial charge >= 0.3 is 5.69 Å². The molecule has 0 saturated carbocycles. The molecular weight excluding hydrogens is 356 g/mol. The largest absolute Gasteiger partial charge is 0.496 e. The summed E-state index contributed by atoms with van der Waals surface area (Å²) in [5.74, 6) is 1.10. The Morgan fingerprint density at radius 2 is 1.61 bits per heavy atom. The van der Waals surface area contributed by atoms with Gasteiger partial charge in [-0.25, -0.2) is 4.79 Å². The predicted molar refractivity (Wildman–Crippen MR) is 107 cm³/mol. The highest BCUT2D eigenvalue weighted by atomic mass is 16.5. The molecule has 0 fully saturated rings. The molecule has 2 heterocycles. The van der Waals surface area contributed by atoms with Gasteiger partial charge in [0.1, 0.15) is 11.5 Å². The molecule has 1 aliphatic heterocycles. The van der Waals surface area contributed by atoms with Gasteiger partial charge in [-0.15, -0.1) is 0 Å². The van der Waals surface area contributed by atoms with Crippen LogP contribution in [0.5, 0.6) is 11.6 Å². The minimum absolute atomic E-state index is 0.255. The van der Waals surface area contributed by atoms with Crippen molar-refractivity contribution in [3.05, 3.63) is 98.2 Å². The summed E-state index contributed by atoms with van der Waals surface area (Å²) in [6, 6.07) is 17.1. The Bertz CT molecular complexity index is 1190. The normalized spacial score (nSPS) is 15.4. The lowest BCUT2D eigenvalue weighted by Gasteiger charge is -2.27. The number of methoxy groups -OCH3 is 1. The minimum atomic E-state index is -0.433. The van der Waals surface area contributed by atoms with Crippen LogP contribution in [-0.2, 0) is 14.1 Å². The van der Waals surface area contributed by atoms with E-state index in [2.05, 4.69) is 0 Å². The van der Waals surface area contributed by atoms with E-state index in [9.17, 15) is 9.59 Å². The van der Waals surface area contributed by atoms with E-state index in [1.165, 1.54) is 11.6 Å². The monoisotopic (exact) mass is 376 g/mol. The van der Waals surface area contributed by atoms with Crippen LogP contribution in [0.15, 0.2) is 70.3 Å². The van der Waals surface area contributed by atoms with Crippen molar-refractivity contribution in [3.8, 4) is 11.6 Å². The summed E-state index contributed by atoms with van der Waals surface area (Å²) in [6.45, 7) is 0. The van der Waals surface area contributed by atoms with Crippen molar-refractivity contribution < 1.29 is 9.47 Å². The van der Waals surface area contributed by atoms with Crippen molar-refractivity contribution in [2.24, 2.45) is 14.1 Å². The van der Waals surface area contributed by atoms with Gasteiger partial charge in [0.05, 0.1) is 12.7 Å². The first-order chi connectivity index (χ1) is 13.5. The van der Waals surface area contributed by atoms with Crippen molar-refractivity contribution in [2.75, 3.05) is 7.11 Å². The molecule has 6 heteroatoms. The van der Waals surface area contributed by atoms with Gasteiger partial charge in [-0.05, 0) is 12.1 Å². The first-order valence-corrected chi connectivity index (χ1v) is 8.91. The number of aromatic nitrogens is 2. The van der Waals surface area contributed by atoms with Crippen LogP contribution in [0.2, 0.25) is 0 Å². The summed E-state index contributed by atoms with van der Waals surface area (Å²) >= 11 is 0. The van der Waals surface area contributed by atoms with Crippen LogP contribution >= 0.6 is 0 Å². The third-order valence-corrected chi connectivity index (χ3v) is 5.01. The zero-order valence-electron chi connectivity index (χ0n) is 15.9. The maximum absolute atomic E-state index is 13.0. The van der Waals surface area contributed by atoms with Crippen molar-refractivity contribution >= 4 is 5.76 Å². The number of hydrogen-bond acceptors (Lipinski definition) is 4. The van der Waals surface area contributed by atoms with Gasteiger partial charge < -0.3 is 9.47 Å². The lowest BCUT2D eigenvalue weighted by atomic mass is 9.88. The number of para-hydroxylation sites is 1. The zero-order chi connectivity index (χ0) is 19.8. The van der Waals surface area contributed by atoms with Crippen LogP contribution in [0.1, 0.15) is 22.6 Å². The highest BCUT2D eigenvalue weighted by Gasteiger charge is 2.32. The van der Waals surface area contributed by atoms with Crippen LogP contribution in [-0.4, -0.2) is 16.2 Å². The molecule has 1 aliphatic rings. The van der Waals surface area contributed by atoms with Gasteiger partial charge in [0.2, 0.25) is 5.88 Å². The van der Waals surface area contributed by atoms with E-state index in [0.717, 1.165) is 15.7 Å². The highest BCUT2D eigenvalue weighted by Crippen LogP contribution is 2.41. The van der Waals surface area contributed by atoms with Gasteiger partial charge in [-0.1, -0.05) is 48.5 Å². The highest BCUT2D eigenvalue weighted by molar-refractivity contribution is 5.68. The van der Waals surface area contributed by atoms with Crippen LogP contribution < -0.4 is 20.7 Å². The molecule has 0 N–H and O–H groups in total.